The standard InChI is InChI=1S/C18H10N4O3S/c23-17-15(26-18(24)21-17)5-12-4-11-6-19-8-13(16(11)25-12)9-1-2-14-10(3-9)7-20-22-14/h1-8H,(H,20,22)(H,21,23,24)/b15-5+. The van der Waals surface area contributed by atoms with Crippen LogP contribution in [0.3, 0.4) is 0 Å². The van der Waals surface area contributed by atoms with E-state index in [0.29, 0.717) is 16.2 Å². The number of aromatic nitrogens is 3. The van der Waals surface area contributed by atoms with Gasteiger partial charge in [0.2, 0.25) is 0 Å². The molecule has 1 fully saturated rings. The molecule has 0 saturated carbocycles. The van der Waals surface area contributed by atoms with Crippen molar-refractivity contribution in [3.63, 3.8) is 0 Å². The molecule has 0 radical (unpaired) electrons. The Morgan fingerprint density at radius 3 is 2.85 bits per heavy atom. The molecule has 0 unspecified atom stereocenters. The van der Waals surface area contributed by atoms with Crippen molar-refractivity contribution in [1.82, 2.24) is 20.5 Å². The SMILES string of the molecule is O=C1NC(=O)/C(=C\c2cc3cncc(-c4ccc5[nH]ncc5c4)c3o2)S1. The van der Waals surface area contributed by atoms with Gasteiger partial charge in [-0.25, -0.2) is 0 Å². The summed E-state index contributed by atoms with van der Waals surface area (Å²) in [6, 6.07) is 7.73. The molecule has 0 aliphatic carbocycles. The zero-order valence-electron chi connectivity index (χ0n) is 13.1. The summed E-state index contributed by atoms with van der Waals surface area (Å²) in [4.78, 5) is 27.6. The van der Waals surface area contributed by atoms with Crippen LogP contribution in [0.15, 0.2) is 52.2 Å². The zero-order chi connectivity index (χ0) is 17.7. The highest BCUT2D eigenvalue weighted by molar-refractivity contribution is 8.18. The first-order valence-corrected chi connectivity index (χ1v) is 8.55. The summed E-state index contributed by atoms with van der Waals surface area (Å²) >= 11 is 0.857. The van der Waals surface area contributed by atoms with Crippen LogP contribution in [0.25, 0.3) is 39.1 Å². The van der Waals surface area contributed by atoms with Crippen LogP contribution in [0.4, 0.5) is 4.79 Å². The third-order valence-electron chi connectivity index (χ3n) is 4.11. The minimum absolute atomic E-state index is 0.309. The number of furan rings is 1. The molecule has 1 aromatic carbocycles. The van der Waals surface area contributed by atoms with Gasteiger partial charge < -0.3 is 4.42 Å². The van der Waals surface area contributed by atoms with Crippen LogP contribution in [0.2, 0.25) is 0 Å². The lowest BCUT2D eigenvalue weighted by atomic mass is 10.0. The smallest absolute Gasteiger partial charge is 0.290 e. The molecule has 126 valence electrons. The van der Waals surface area contributed by atoms with Crippen molar-refractivity contribution in [2.24, 2.45) is 0 Å². The maximum Gasteiger partial charge on any atom is 0.290 e. The monoisotopic (exact) mass is 362 g/mol. The van der Waals surface area contributed by atoms with E-state index < -0.39 is 5.91 Å². The van der Waals surface area contributed by atoms with Gasteiger partial charge in [0.25, 0.3) is 11.1 Å². The van der Waals surface area contributed by atoms with E-state index in [2.05, 4.69) is 20.5 Å². The van der Waals surface area contributed by atoms with Crippen molar-refractivity contribution >= 4 is 50.9 Å². The van der Waals surface area contributed by atoms with E-state index in [0.717, 1.165) is 39.2 Å². The van der Waals surface area contributed by atoms with E-state index in [1.807, 2.05) is 18.2 Å². The Bertz CT molecular complexity index is 1240. The largest absolute Gasteiger partial charge is 0.456 e. The van der Waals surface area contributed by atoms with Gasteiger partial charge in [0.05, 0.1) is 16.6 Å². The van der Waals surface area contributed by atoms with Crippen molar-refractivity contribution < 1.29 is 14.0 Å². The highest BCUT2D eigenvalue weighted by Crippen LogP contribution is 2.33. The summed E-state index contributed by atoms with van der Waals surface area (Å²) in [6.07, 6.45) is 6.77. The van der Waals surface area contributed by atoms with Crippen LogP contribution >= 0.6 is 11.8 Å². The molecular weight excluding hydrogens is 352 g/mol. The van der Waals surface area contributed by atoms with Gasteiger partial charge >= 0.3 is 0 Å². The van der Waals surface area contributed by atoms with Gasteiger partial charge in [-0.2, -0.15) is 5.10 Å². The number of H-pyrrole nitrogens is 1. The van der Waals surface area contributed by atoms with E-state index in [1.165, 1.54) is 0 Å². The average Bonchev–Trinajstić information content (AvgIpc) is 3.32. The Labute approximate surface area is 150 Å². The highest BCUT2D eigenvalue weighted by atomic mass is 32.2. The fraction of sp³-hybridized carbons (Fsp3) is 0. The summed E-state index contributed by atoms with van der Waals surface area (Å²) in [5, 5.41) is 10.6. The molecule has 5 rings (SSSR count). The average molecular weight is 362 g/mol. The summed E-state index contributed by atoms with van der Waals surface area (Å²) < 4.78 is 5.95. The molecule has 1 saturated heterocycles. The number of nitrogens with zero attached hydrogens (tertiary/aromatic N) is 2. The van der Waals surface area contributed by atoms with Crippen molar-refractivity contribution in [3.05, 3.63) is 53.5 Å². The molecule has 1 aliphatic heterocycles. The first-order valence-electron chi connectivity index (χ1n) is 7.73. The van der Waals surface area contributed by atoms with Gasteiger partial charge in [-0.3, -0.25) is 25.0 Å². The molecule has 8 heteroatoms. The number of hydrogen-bond acceptors (Lipinski definition) is 6. The second kappa shape index (κ2) is 5.57. The molecular formula is C18H10N4O3S. The van der Waals surface area contributed by atoms with Gasteiger partial charge in [-0.1, -0.05) is 6.07 Å². The fourth-order valence-corrected chi connectivity index (χ4v) is 3.58. The number of imide groups is 1. The first kappa shape index (κ1) is 14.9. The Morgan fingerprint density at radius 1 is 1.08 bits per heavy atom. The molecule has 1 aliphatic rings. The number of aromatic amines is 1. The van der Waals surface area contributed by atoms with E-state index in [4.69, 9.17) is 4.42 Å². The maximum atomic E-state index is 11.7. The lowest BCUT2D eigenvalue weighted by Crippen LogP contribution is -2.17. The lowest BCUT2D eigenvalue weighted by molar-refractivity contribution is -0.115. The summed E-state index contributed by atoms with van der Waals surface area (Å²) in [6.45, 7) is 0. The molecule has 4 aromatic rings. The maximum absolute atomic E-state index is 11.7. The molecule has 3 aromatic heterocycles. The number of benzene rings is 1. The van der Waals surface area contributed by atoms with Crippen LogP contribution in [0.1, 0.15) is 5.76 Å². The minimum atomic E-state index is -0.413. The lowest BCUT2D eigenvalue weighted by Gasteiger charge is -2.02. The Hall–Kier alpha value is -3.39. The quantitative estimate of drug-likeness (QED) is 0.527. The molecule has 2 amide bonds. The molecule has 0 bridgehead atoms. The second-order valence-electron chi connectivity index (χ2n) is 5.78. The second-order valence-corrected chi connectivity index (χ2v) is 6.79. The first-order chi connectivity index (χ1) is 12.7. The number of hydrogen-bond donors (Lipinski definition) is 2. The topological polar surface area (TPSA) is 101 Å². The number of pyridine rings is 1. The van der Waals surface area contributed by atoms with E-state index >= 15 is 0 Å². The number of nitrogens with one attached hydrogen (secondary N) is 2. The van der Waals surface area contributed by atoms with Crippen molar-refractivity contribution in [1.29, 1.82) is 0 Å². The van der Waals surface area contributed by atoms with Gasteiger partial charge in [0.1, 0.15) is 11.3 Å². The molecule has 0 atom stereocenters. The van der Waals surface area contributed by atoms with E-state index in [-0.39, 0.29) is 5.24 Å². The van der Waals surface area contributed by atoms with Crippen LogP contribution < -0.4 is 5.32 Å². The van der Waals surface area contributed by atoms with Crippen LogP contribution in [0, 0.1) is 0 Å². The molecule has 4 heterocycles. The third kappa shape index (κ3) is 2.39. The van der Waals surface area contributed by atoms with Crippen molar-refractivity contribution in [2.45, 2.75) is 0 Å². The van der Waals surface area contributed by atoms with Gasteiger partial charge in [0.15, 0.2) is 0 Å². The van der Waals surface area contributed by atoms with Gasteiger partial charge in [-0.05, 0) is 35.5 Å². The van der Waals surface area contributed by atoms with Crippen LogP contribution in [0.5, 0.6) is 0 Å². The predicted molar refractivity (Wildman–Crippen MR) is 98.2 cm³/mol. The molecule has 26 heavy (non-hydrogen) atoms. The number of rotatable bonds is 2. The summed E-state index contributed by atoms with van der Waals surface area (Å²) in [5.41, 5.74) is 3.42. The predicted octanol–water partition coefficient (Wildman–Crippen LogP) is 3.70. The third-order valence-corrected chi connectivity index (χ3v) is 4.92. The number of fused-ring (bicyclic) bond motifs is 2. The minimum Gasteiger partial charge on any atom is -0.456 e. The number of carbonyl (C=O) groups excluding carboxylic acids is 2. The Balaban J connectivity index is 1.63. The summed E-state index contributed by atoms with van der Waals surface area (Å²) in [7, 11) is 0. The number of carbonyl (C=O) groups is 2. The van der Waals surface area contributed by atoms with Gasteiger partial charge in [-0.15, -0.1) is 0 Å². The Morgan fingerprint density at radius 2 is 2.00 bits per heavy atom. The highest BCUT2D eigenvalue weighted by Gasteiger charge is 2.25. The van der Waals surface area contributed by atoms with Crippen molar-refractivity contribution in [2.75, 3.05) is 0 Å². The zero-order valence-corrected chi connectivity index (χ0v) is 14.0. The van der Waals surface area contributed by atoms with Crippen LogP contribution in [-0.4, -0.2) is 26.3 Å². The molecule has 2 N–H and O–H groups in total. The van der Waals surface area contributed by atoms with Crippen molar-refractivity contribution in [3.8, 4) is 11.1 Å². The normalized spacial score (nSPS) is 16.1. The van der Waals surface area contributed by atoms with Gasteiger partial charge in [0, 0.05) is 34.8 Å². The fourth-order valence-electron chi connectivity index (χ4n) is 2.92. The molecule has 0 spiro atoms. The molecule has 7 nitrogen and oxygen atoms in total. The number of amides is 2. The van der Waals surface area contributed by atoms with Crippen LogP contribution in [-0.2, 0) is 4.79 Å². The van der Waals surface area contributed by atoms with E-state index in [9.17, 15) is 9.59 Å². The summed E-state index contributed by atoms with van der Waals surface area (Å²) in [5.74, 6) is 0.0789. The number of thioether (sulfide) groups is 1. The Kier molecular flexibility index (Phi) is 3.19. The van der Waals surface area contributed by atoms with E-state index in [1.54, 1.807) is 30.7 Å².